The van der Waals surface area contributed by atoms with E-state index in [-0.39, 0.29) is 24.1 Å². The maximum atomic E-state index is 13.8. The third kappa shape index (κ3) is 5.25. The molecule has 0 aliphatic carbocycles. The molecule has 2 N–H and O–H groups in total. The summed E-state index contributed by atoms with van der Waals surface area (Å²) in [6, 6.07) is 13.5. The third-order valence-corrected chi connectivity index (χ3v) is 7.91. The maximum Gasteiger partial charge on any atom is 0.263 e. The average molecular weight is 556 g/mol. The van der Waals surface area contributed by atoms with Crippen molar-refractivity contribution in [2.75, 3.05) is 36.9 Å². The molecule has 0 spiro atoms. The number of carbonyl (C=O) groups is 1. The Kier molecular flexibility index (Phi) is 7.66. The lowest BCUT2D eigenvalue weighted by Gasteiger charge is -2.29. The summed E-state index contributed by atoms with van der Waals surface area (Å²) < 4.78 is 1.65. The van der Waals surface area contributed by atoms with E-state index in [1.54, 1.807) is 27.7 Å². The highest BCUT2D eigenvalue weighted by Gasteiger charge is 2.28. The Morgan fingerprint density at radius 2 is 1.79 bits per heavy atom. The van der Waals surface area contributed by atoms with Gasteiger partial charge in [0.05, 0.1) is 28.0 Å². The Bertz CT molecular complexity index is 1410. The number of rotatable bonds is 6. The number of likely N-dealkylation sites (N-methyl/N-ethyl adjacent to an activating group) is 1. The molecule has 3 heterocycles. The number of amides is 1. The van der Waals surface area contributed by atoms with Crippen molar-refractivity contribution in [3.05, 3.63) is 79.7 Å². The predicted molar refractivity (Wildman–Crippen MR) is 153 cm³/mol. The van der Waals surface area contributed by atoms with Crippen LogP contribution < -0.4 is 21.1 Å². The molecule has 0 bridgehead atoms. The van der Waals surface area contributed by atoms with Crippen LogP contribution in [0, 0.1) is 0 Å². The number of halogens is 2. The van der Waals surface area contributed by atoms with Crippen molar-refractivity contribution in [2.24, 2.45) is 0 Å². The normalized spacial score (nSPS) is 17.2. The maximum absolute atomic E-state index is 13.8. The molecule has 1 saturated heterocycles. The van der Waals surface area contributed by atoms with Gasteiger partial charge in [-0.05, 0) is 76.2 Å². The van der Waals surface area contributed by atoms with E-state index in [1.165, 1.54) is 0 Å². The highest BCUT2D eigenvalue weighted by molar-refractivity contribution is 6.42. The second-order valence-corrected chi connectivity index (χ2v) is 11.0. The van der Waals surface area contributed by atoms with Crippen molar-refractivity contribution in [1.82, 2.24) is 19.8 Å². The van der Waals surface area contributed by atoms with Crippen LogP contribution in [0.1, 0.15) is 41.9 Å². The molecule has 1 atom stereocenters. The summed E-state index contributed by atoms with van der Waals surface area (Å²) in [6.45, 7) is 6.64. The van der Waals surface area contributed by atoms with Crippen LogP contribution >= 0.6 is 23.2 Å². The third-order valence-electron chi connectivity index (χ3n) is 7.18. The first kappa shape index (κ1) is 26.5. The van der Waals surface area contributed by atoms with Crippen LogP contribution in [0.3, 0.4) is 0 Å². The van der Waals surface area contributed by atoms with Gasteiger partial charge in [0.25, 0.3) is 11.5 Å². The van der Waals surface area contributed by atoms with Crippen LogP contribution in [0.4, 0.5) is 11.6 Å². The molecule has 1 fully saturated rings. The molecule has 1 unspecified atom stereocenters. The molecule has 1 aromatic heterocycles. The van der Waals surface area contributed by atoms with Crippen molar-refractivity contribution in [3.63, 3.8) is 0 Å². The lowest BCUT2D eigenvalue weighted by atomic mass is 10.0. The highest BCUT2D eigenvalue weighted by Crippen LogP contribution is 2.27. The van der Waals surface area contributed by atoms with E-state index in [0.717, 1.165) is 30.9 Å². The largest absolute Gasteiger partial charge is 0.370 e. The molecule has 38 heavy (non-hydrogen) atoms. The summed E-state index contributed by atoms with van der Waals surface area (Å²) in [6.07, 6.45) is 1.53. The molecule has 200 valence electrons. The molecule has 2 aliphatic heterocycles. The molecule has 0 saturated carbocycles. The fourth-order valence-corrected chi connectivity index (χ4v) is 5.41. The number of carbonyl (C=O) groups excluding carboxylic acids is 1. The fourth-order valence-electron chi connectivity index (χ4n) is 5.11. The van der Waals surface area contributed by atoms with Crippen LogP contribution in [0.5, 0.6) is 0 Å². The Labute approximate surface area is 232 Å². The topological polar surface area (TPSA) is 82.5 Å². The second-order valence-electron chi connectivity index (χ2n) is 10.1. The fraction of sp³-hybridized carbons (Fsp3) is 0.393. The minimum atomic E-state index is -0.170. The molecular weight excluding hydrogens is 523 g/mol. The minimum Gasteiger partial charge on any atom is -0.370 e. The van der Waals surface area contributed by atoms with Gasteiger partial charge in [-0.3, -0.25) is 9.59 Å². The first-order chi connectivity index (χ1) is 18.2. The number of fused-ring (bicyclic) bond motifs is 1. The van der Waals surface area contributed by atoms with E-state index in [2.05, 4.69) is 27.7 Å². The van der Waals surface area contributed by atoms with Crippen LogP contribution in [-0.4, -0.2) is 59.1 Å². The molecular formula is C28H32Cl2N6O2. The predicted octanol–water partition coefficient (Wildman–Crippen LogP) is 4.36. The zero-order valence-corrected chi connectivity index (χ0v) is 23.3. The van der Waals surface area contributed by atoms with Gasteiger partial charge < -0.3 is 20.4 Å². The Hall–Kier alpha value is -3.07. The summed E-state index contributed by atoms with van der Waals surface area (Å²) in [7, 11) is 2.00. The van der Waals surface area contributed by atoms with E-state index < -0.39 is 0 Å². The number of anilines is 2. The van der Waals surface area contributed by atoms with Gasteiger partial charge >= 0.3 is 0 Å². The first-order valence-electron chi connectivity index (χ1n) is 12.9. The quantitative estimate of drug-likeness (QED) is 0.471. The Balaban J connectivity index is 1.45. The minimum absolute atomic E-state index is 0.0612. The summed E-state index contributed by atoms with van der Waals surface area (Å²) in [5.41, 5.74) is 3.50. The molecule has 10 heteroatoms. The van der Waals surface area contributed by atoms with E-state index in [9.17, 15) is 9.59 Å². The van der Waals surface area contributed by atoms with Crippen LogP contribution in [0.25, 0.3) is 5.69 Å². The zero-order chi connectivity index (χ0) is 27.0. The Morgan fingerprint density at radius 3 is 2.45 bits per heavy atom. The molecule has 3 aromatic rings. The molecule has 2 aromatic carbocycles. The molecule has 1 amide bonds. The van der Waals surface area contributed by atoms with Gasteiger partial charge in [-0.2, -0.15) is 0 Å². The second kappa shape index (κ2) is 11.0. The number of nitrogens with zero attached hydrogens (tertiary/aromatic N) is 4. The van der Waals surface area contributed by atoms with E-state index in [4.69, 9.17) is 28.2 Å². The van der Waals surface area contributed by atoms with Crippen molar-refractivity contribution in [2.45, 2.75) is 45.3 Å². The van der Waals surface area contributed by atoms with Gasteiger partial charge in [0.2, 0.25) is 5.95 Å². The molecule has 0 radical (unpaired) electrons. The van der Waals surface area contributed by atoms with Crippen molar-refractivity contribution in [3.8, 4) is 5.69 Å². The molecule has 8 nitrogen and oxygen atoms in total. The average Bonchev–Trinajstić information content (AvgIpc) is 3.39. The zero-order valence-electron chi connectivity index (χ0n) is 21.8. The van der Waals surface area contributed by atoms with Gasteiger partial charge in [-0.1, -0.05) is 23.2 Å². The monoisotopic (exact) mass is 554 g/mol. The Morgan fingerprint density at radius 1 is 1.05 bits per heavy atom. The lowest BCUT2D eigenvalue weighted by molar-refractivity contribution is 0.0731. The summed E-state index contributed by atoms with van der Waals surface area (Å²) in [5.74, 6) is 0.299. The molecule has 2 aliphatic rings. The van der Waals surface area contributed by atoms with Gasteiger partial charge in [0.1, 0.15) is 0 Å². The van der Waals surface area contributed by atoms with Crippen molar-refractivity contribution in [1.29, 1.82) is 0 Å². The smallest absolute Gasteiger partial charge is 0.263 e. The van der Waals surface area contributed by atoms with Crippen molar-refractivity contribution >= 4 is 40.7 Å². The standard InChI is InChI=1S/C28H32Cl2N6O2/c1-17(2)32-28-33-25-16-35(26(37)18-4-9-23(29)24(30)14-18)13-11-22(25)27(38)36(28)21-7-5-20(6-8-21)34-12-10-19(15-34)31-3/h4-9,14,17,19,31H,10-13,15-16H2,1-3H3,(H,32,33). The lowest BCUT2D eigenvalue weighted by Crippen LogP contribution is -2.41. The number of nitrogens with one attached hydrogen (secondary N) is 2. The van der Waals surface area contributed by atoms with E-state index in [0.29, 0.717) is 51.8 Å². The van der Waals surface area contributed by atoms with E-state index in [1.807, 2.05) is 33.0 Å². The number of hydrogen-bond acceptors (Lipinski definition) is 6. The highest BCUT2D eigenvalue weighted by atomic mass is 35.5. The summed E-state index contributed by atoms with van der Waals surface area (Å²) in [4.78, 5) is 35.9. The number of benzene rings is 2. The molecule has 5 rings (SSSR count). The number of hydrogen-bond donors (Lipinski definition) is 2. The van der Waals surface area contributed by atoms with Crippen LogP contribution in [0.2, 0.25) is 10.0 Å². The van der Waals surface area contributed by atoms with Crippen LogP contribution in [0.15, 0.2) is 47.3 Å². The van der Waals surface area contributed by atoms with Gasteiger partial charge in [0, 0.05) is 48.5 Å². The van der Waals surface area contributed by atoms with Gasteiger partial charge in [0.15, 0.2) is 0 Å². The summed E-state index contributed by atoms with van der Waals surface area (Å²) in [5, 5.41) is 7.41. The first-order valence-corrected chi connectivity index (χ1v) is 13.7. The van der Waals surface area contributed by atoms with Crippen LogP contribution in [-0.2, 0) is 13.0 Å². The van der Waals surface area contributed by atoms with Gasteiger partial charge in [-0.25, -0.2) is 9.55 Å². The van der Waals surface area contributed by atoms with Gasteiger partial charge in [-0.15, -0.1) is 0 Å². The van der Waals surface area contributed by atoms with E-state index >= 15 is 0 Å². The SMILES string of the molecule is CNC1CCN(c2ccc(-n3c(NC(C)C)nc4c(c3=O)CCN(C(=O)c3ccc(Cl)c(Cl)c3)C4)cc2)C1. The van der Waals surface area contributed by atoms with Crippen molar-refractivity contribution < 1.29 is 4.79 Å². The number of aromatic nitrogens is 2. The summed E-state index contributed by atoms with van der Waals surface area (Å²) >= 11 is 12.1.